The summed E-state index contributed by atoms with van der Waals surface area (Å²) >= 11 is 0. The first kappa shape index (κ1) is 21.1. The maximum atomic E-state index is 4.04. The van der Waals surface area contributed by atoms with Crippen LogP contribution in [0.1, 0.15) is 5.56 Å². The van der Waals surface area contributed by atoms with Crippen LogP contribution in [0.5, 0.6) is 0 Å². The standard InChI is InChI=1S/C31H27N/c1-4-12-24(5-2)30-23-28(26-15-10-7-11-16-26)19-22-31(30)32(3)29-20-17-27(18-21-29)25-13-8-6-9-14-25/h4-23H,1-2H2,3H3/b24-12+. The van der Waals surface area contributed by atoms with Crippen LogP contribution < -0.4 is 4.90 Å². The summed E-state index contributed by atoms with van der Waals surface area (Å²) < 4.78 is 0. The van der Waals surface area contributed by atoms with Gasteiger partial charge in [-0.3, -0.25) is 0 Å². The lowest BCUT2D eigenvalue weighted by Gasteiger charge is -2.24. The van der Waals surface area contributed by atoms with E-state index in [2.05, 4.69) is 116 Å². The zero-order valence-electron chi connectivity index (χ0n) is 18.4. The smallest absolute Gasteiger partial charge is 0.0488 e. The summed E-state index contributed by atoms with van der Waals surface area (Å²) in [5.41, 5.74) is 9.20. The van der Waals surface area contributed by atoms with Crippen molar-refractivity contribution < 1.29 is 0 Å². The SMILES string of the molecule is C=C/C=C(\C=C)c1cc(-c2ccccc2)ccc1N(C)c1ccc(-c2ccccc2)cc1. The fourth-order valence-corrected chi connectivity index (χ4v) is 3.91. The first-order valence-electron chi connectivity index (χ1n) is 10.8. The van der Waals surface area contributed by atoms with Crippen molar-refractivity contribution in [2.24, 2.45) is 0 Å². The average Bonchev–Trinajstić information content (AvgIpc) is 2.87. The monoisotopic (exact) mass is 413 g/mol. The molecule has 32 heavy (non-hydrogen) atoms. The molecule has 0 aliphatic rings. The van der Waals surface area contributed by atoms with Gasteiger partial charge in [0, 0.05) is 24.0 Å². The first-order valence-corrected chi connectivity index (χ1v) is 10.8. The molecule has 156 valence electrons. The number of hydrogen-bond donors (Lipinski definition) is 0. The minimum Gasteiger partial charge on any atom is -0.344 e. The van der Waals surface area contributed by atoms with E-state index in [1.54, 1.807) is 0 Å². The number of hydrogen-bond acceptors (Lipinski definition) is 1. The maximum absolute atomic E-state index is 4.04. The molecule has 0 aliphatic heterocycles. The molecule has 1 nitrogen and oxygen atoms in total. The van der Waals surface area contributed by atoms with E-state index in [-0.39, 0.29) is 0 Å². The Morgan fingerprint density at radius 2 is 1.19 bits per heavy atom. The quantitative estimate of drug-likeness (QED) is 0.274. The molecule has 0 unspecified atom stereocenters. The minimum absolute atomic E-state index is 1.04. The first-order chi connectivity index (χ1) is 15.7. The van der Waals surface area contributed by atoms with Crippen molar-refractivity contribution in [3.63, 3.8) is 0 Å². The van der Waals surface area contributed by atoms with E-state index in [1.807, 2.05) is 30.4 Å². The maximum Gasteiger partial charge on any atom is 0.0488 e. The van der Waals surface area contributed by atoms with E-state index >= 15 is 0 Å². The van der Waals surface area contributed by atoms with Crippen molar-refractivity contribution in [3.8, 4) is 22.3 Å². The van der Waals surface area contributed by atoms with E-state index < -0.39 is 0 Å². The Bertz CT molecular complexity index is 1230. The van der Waals surface area contributed by atoms with Crippen LogP contribution in [0, 0.1) is 0 Å². The summed E-state index contributed by atoms with van der Waals surface area (Å²) in [6.45, 7) is 7.93. The number of allylic oxidation sites excluding steroid dienone is 4. The molecule has 1 heteroatoms. The van der Waals surface area contributed by atoms with Crippen LogP contribution in [-0.2, 0) is 0 Å². The van der Waals surface area contributed by atoms with Gasteiger partial charge in [0.1, 0.15) is 0 Å². The third-order valence-electron chi connectivity index (χ3n) is 5.66. The van der Waals surface area contributed by atoms with Crippen molar-refractivity contribution in [2.45, 2.75) is 0 Å². The Kier molecular flexibility index (Phi) is 6.48. The van der Waals surface area contributed by atoms with Crippen LogP contribution >= 0.6 is 0 Å². The summed E-state index contributed by atoms with van der Waals surface area (Å²) in [7, 11) is 2.10. The van der Waals surface area contributed by atoms with Crippen molar-refractivity contribution >= 4 is 16.9 Å². The molecule has 0 fully saturated rings. The second kappa shape index (κ2) is 9.80. The summed E-state index contributed by atoms with van der Waals surface area (Å²) in [6.07, 6.45) is 5.71. The molecule has 0 radical (unpaired) electrons. The lowest BCUT2D eigenvalue weighted by Crippen LogP contribution is -2.11. The van der Waals surface area contributed by atoms with E-state index in [9.17, 15) is 0 Å². The number of nitrogens with zero attached hydrogens (tertiary/aromatic N) is 1. The molecule has 0 heterocycles. The Labute approximate surface area is 191 Å². The summed E-state index contributed by atoms with van der Waals surface area (Å²) in [5.74, 6) is 0. The Morgan fingerprint density at radius 1 is 0.656 bits per heavy atom. The van der Waals surface area contributed by atoms with E-state index in [0.29, 0.717) is 0 Å². The van der Waals surface area contributed by atoms with Crippen LogP contribution in [0.15, 0.2) is 135 Å². The third kappa shape index (κ3) is 4.48. The molecular formula is C31H27N. The number of benzene rings is 4. The molecule has 4 aromatic carbocycles. The van der Waals surface area contributed by atoms with E-state index in [0.717, 1.165) is 22.5 Å². The van der Waals surface area contributed by atoms with Crippen molar-refractivity contribution in [2.75, 3.05) is 11.9 Å². The van der Waals surface area contributed by atoms with Gasteiger partial charge < -0.3 is 4.90 Å². The van der Waals surface area contributed by atoms with Gasteiger partial charge in [-0.05, 0) is 52.1 Å². The largest absolute Gasteiger partial charge is 0.344 e. The lowest BCUT2D eigenvalue weighted by molar-refractivity contribution is 1.20. The van der Waals surface area contributed by atoms with Gasteiger partial charge in [0.25, 0.3) is 0 Å². The Morgan fingerprint density at radius 3 is 1.75 bits per heavy atom. The Hall–Kier alpha value is -4.10. The molecule has 0 spiro atoms. The molecule has 4 aromatic rings. The van der Waals surface area contributed by atoms with E-state index in [1.165, 1.54) is 22.3 Å². The highest BCUT2D eigenvalue weighted by molar-refractivity contribution is 5.88. The fraction of sp³-hybridized carbons (Fsp3) is 0.0323. The van der Waals surface area contributed by atoms with Gasteiger partial charge in [-0.1, -0.05) is 110 Å². The second-order valence-corrected chi connectivity index (χ2v) is 7.63. The summed E-state index contributed by atoms with van der Waals surface area (Å²) in [5, 5.41) is 0. The normalized spacial score (nSPS) is 11.1. The average molecular weight is 414 g/mol. The molecule has 4 rings (SSSR count). The predicted octanol–water partition coefficient (Wildman–Crippen LogP) is 8.54. The molecule has 0 atom stereocenters. The second-order valence-electron chi connectivity index (χ2n) is 7.63. The summed E-state index contributed by atoms with van der Waals surface area (Å²) in [6, 6.07) is 36.2. The van der Waals surface area contributed by atoms with Gasteiger partial charge in [-0.25, -0.2) is 0 Å². The highest BCUT2D eigenvalue weighted by Crippen LogP contribution is 2.36. The van der Waals surface area contributed by atoms with Crippen LogP contribution in [0.25, 0.3) is 27.8 Å². The Balaban J connectivity index is 1.75. The van der Waals surface area contributed by atoms with Crippen molar-refractivity contribution in [3.05, 3.63) is 140 Å². The molecule has 0 aromatic heterocycles. The number of rotatable bonds is 7. The number of anilines is 2. The zero-order valence-corrected chi connectivity index (χ0v) is 18.4. The highest BCUT2D eigenvalue weighted by Gasteiger charge is 2.13. The zero-order chi connectivity index (χ0) is 22.3. The lowest BCUT2D eigenvalue weighted by atomic mass is 9.96. The van der Waals surface area contributed by atoms with Gasteiger partial charge in [0.2, 0.25) is 0 Å². The van der Waals surface area contributed by atoms with Crippen LogP contribution in [0.4, 0.5) is 11.4 Å². The van der Waals surface area contributed by atoms with Gasteiger partial charge in [-0.15, -0.1) is 0 Å². The van der Waals surface area contributed by atoms with Gasteiger partial charge >= 0.3 is 0 Å². The highest BCUT2D eigenvalue weighted by atomic mass is 15.1. The molecule has 0 N–H and O–H groups in total. The van der Waals surface area contributed by atoms with Gasteiger partial charge in [-0.2, -0.15) is 0 Å². The topological polar surface area (TPSA) is 3.24 Å². The molecule has 0 aliphatic carbocycles. The van der Waals surface area contributed by atoms with Crippen LogP contribution in [0.2, 0.25) is 0 Å². The molecular weight excluding hydrogens is 386 g/mol. The predicted molar refractivity (Wildman–Crippen MR) is 140 cm³/mol. The fourth-order valence-electron chi connectivity index (χ4n) is 3.91. The molecule has 0 bridgehead atoms. The minimum atomic E-state index is 1.04. The van der Waals surface area contributed by atoms with Gasteiger partial charge in [0.15, 0.2) is 0 Å². The molecule has 0 amide bonds. The summed E-state index contributed by atoms with van der Waals surface area (Å²) in [4.78, 5) is 2.22. The third-order valence-corrected chi connectivity index (χ3v) is 5.66. The van der Waals surface area contributed by atoms with Gasteiger partial charge in [0.05, 0.1) is 0 Å². The van der Waals surface area contributed by atoms with Crippen LogP contribution in [0.3, 0.4) is 0 Å². The molecule has 0 saturated heterocycles. The van der Waals surface area contributed by atoms with Crippen molar-refractivity contribution in [1.29, 1.82) is 0 Å². The van der Waals surface area contributed by atoms with Crippen LogP contribution in [-0.4, -0.2) is 7.05 Å². The van der Waals surface area contributed by atoms with Crippen molar-refractivity contribution in [1.82, 2.24) is 0 Å². The van der Waals surface area contributed by atoms with E-state index in [4.69, 9.17) is 0 Å². The molecule has 0 saturated carbocycles.